The number of ether oxygens (including phenoxy) is 1. The molecular weight excluding hydrogens is 451 g/mol. The zero-order chi connectivity index (χ0) is 24.0. The molecule has 2 aliphatic heterocycles. The Morgan fingerprint density at radius 3 is 2.74 bits per heavy atom. The second-order valence-corrected chi connectivity index (χ2v) is 8.74. The lowest BCUT2D eigenvalue weighted by Crippen LogP contribution is -2.49. The Labute approximate surface area is 193 Å². The van der Waals surface area contributed by atoms with Crippen molar-refractivity contribution in [2.45, 2.75) is 32.6 Å². The summed E-state index contributed by atoms with van der Waals surface area (Å²) in [5.41, 5.74) is 2.46. The number of anilines is 1. The van der Waals surface area contributed by atoms with E-state index in [1.54, 1.807) is 24.4 Å². The molecule has 0 spiro atoms. The number of rotatable bonds is 3. The number of pyridine rings is 2. The molecule has 0 saturated carbocycles. The molecule has 0 bridgehead atoms. The summed E-state index contributed by atoms with van der Waals surface area (Å²) in [4.78, 5) is 26.0. The van der Waals surface area contributed by atoms with E-state index in [2.05, 4.69) is 25.1 Å². The minimum absolute atomic E-state index is 0.0360. The van der Waals surface area contributed by atoms with E-state index >= 15 is 0 Å². The average Bonchev–Trinajstić information content (AvgIpc) is 3.27. The van der Waals surface area contributed by atoms with Gasteiger partial charge in [-0.3, -0.25) is 9.78 Å². The van der Waals surface area contributed by atoms with Gasteiger partial charge in [0.1, 0.15) is 11.3 Å². The minimum Gasteiger partial charge on any atom is -0.495 e. The normalized spacial score (nSPS) is 21.0. The van der Waals surface area contributed by atoms with Crippen LogP contribution in [0, 0.1) is 11.8 Å². The third-order valence-electron chi connectivity index (χ3n) is 6.65. The van der Waals surface area contributed by atoms with Gasteiger partial charge in [-0.2, -0.15) is 13.2 Å². The maximum Gasteiger partial charge on any atom is 0.451 e. The molecule has 2 atom stereocenters. The van der Waals surface area contributed by atoms with Crippen molar-refractivity contribution < 1.29 is 22.7 Å². The Balaban J connectivity index is 1.29. The number of aromatic nitrogens is 5. The Hall–Kier alpha value is -3.44. The molecule has 1 saturated heterocycles. The highest BCUT2D eigenvalue weighted by molar-refractivity contribution is 5.88. The van der Waals surface area contributed by atoms with Crippen molar-refractivity contribution in [3.63, 3.8) is 0 Å². The van der Waals surface area contributed by atoms with Crippen molar-refractivity contribution in [2.75, 3.05) is 31.6 Å². The van der Waals surface area contributed by atoms with Gasteiger partial charge in [-0.15, -0.1) is 10.2 Å². The van der Waals surface area contributed by atoms with Crippen LogP contribution >= 0.6 is 0 Å². The van der Waals surface area contributed by atoms with Gasteiger partial charge in [0.05, 0.1) is 31.1 Å². The smallest absolute Gasteiger partial charge is 0.451 e. The number of methoxy groups -OCH3 is 1. The summed E-state index contributed by atoms with van der Waals surface area (Å²) in [7, 11) is 1.58. The first-order valence-electron chi connectivity index (χ1n) is 11.1. The SMILES string of the molecule is COc1cnc2c(N3CCC(C(=O)N4CCn5c(nnc5C(F)(F)F)C4)C(C)C3)ccnc2c1. The average molecular weight is 475 g/mol. The molecular formula is C22H24F3N7O2. The fourth-order valence-electron chi connectivity index (χ4n) is 4.89. The molecule has 0 radical (unpaired) electrons. The van der Waals surface area contributed by atoms with E-state index in [9.17, 15) is 18.0 Å². The Kier molecular flexibility index (Phi) is 5.53. The van der Waals surface area contributed by atoms with E-state index in [-0.39, 0.29) is 43.2 Å². The summed E-state index contributed by atoms with van der Waals surface area (Å²) in [6, 6.07) is 3.76. The Morgan fingerprint density at radius 1 is 1.18 bits per heavy atom. The van der Waals surface area contributed by atoms with Crippen molar-refractivity contribution in [1.29, 1.82) is 0 Å². The zero-order valence-corrected chi connectivity index (χ0v) is 18.8. The number of fused-ring (bicyclic) bond motifs is 2. The molecule has 2 unspecified atom stereocenters. The number of piperidine rings is 1. The van der Waals surface area contributed by atoms with Crippen molar-refractivity contribution in [1.82, 2.24) is 29.6 Å². The fraction of sp³-hybridized carbons (Fsp3) is 0.500. The number of carbonyl (C=O) groups is 1. The van der Waals surface area contributed by atoms with Crippen LogP contribution in [0.25, 0.3) is 11.0 Å². The van der Waals surface area contributed by atoms with Gasteiger partial charge in [0.15, 0.2) is 5.82 Å². The third-order valence-corrected chi connectivity index (χ3v) is 6.65. The molecule has 3 aromatic heterocycles. The standard InChI is InChI=1S/C22H24F3N7O2/c1-13-11-30(17-3-5-26-16-9-14(34-2)10-27-19(16)17)6-4-15(13)20(33)31-7-8-32-18(12-31)28-29-21(32)22(23,24)25/h3,5,9-10,13,15H,4,6-8,11-12H2,1-2H3. The molecule has 0 N–H and O–H groups in total. The number of amides is 1. The monoisotopic (exact) mass is 475 g/mol. The predicted molar refractivity (Wildman–Crippen MR) is 116 cm³/mol. The Morgan fingerprint density at radius 2 is 2.00 bits per heavy atom. The quantitative estimate of drug-likeness (QED) is 0.576. The molecule has 1 amide bonds. The number of hydrogen-bond donors (Lipinski definition) is 0. The van der Waals surface area contributed by atoms with Gasteiger partial charge in [-0.05, 0) is 18.4 Å². The molecule has 1 fully saturated rings. The molecule has 12 heteroatoms. The highest BCUT2D eigenvalue weighted by Gasteiger charge is 2.41. The molecule has 9 nitrogen and oxygen atoms in total. The Bertz CT molecular complexity index is 1230. The molecule has 34 heavy (non-hydrogen) atoms. The van der Waals surface area contributed by atoms with Crippen molar-refractivity contribution in [3.05, 3.63) is 36.2 Å². The highest BCUT2D eigenvalue weighted by atomic mass is 19.4. The summed E-state index contributed by atoms with van der Waals surface area (Å²) < 4.78 is 45.6. The number of nitrogens with zero attached hydrogens (tertiary/aromatic N) is 7. The molecule has 5 heterocycles. The van der Waals surface area contributed by atoms with Crippen molar-refractivity contribution in [3.8, 4) is 5.75 Å². The lowest BCUT2D eigenvalue weighted by atomic mass is 9.85. The summed E-state index contributed by atoms with van der Waals surface area (Å²) in [5, 5.41) is 6.98. The van der Waals surface area contributed by atoms with Crippen LogP contribution in [0.3, 0.4) is 0 Å². The van der Waals surface area contributed by atoms with Crippen LogP contribution in [-0.4, -0.2) is 62.3 Å². The van der Waals surface area contributed by atoms with Gasteiger partial charge >= 0.3 is 6.18 Å². The van der Waals surface area contributed by atoms with Crippen LogP contribution in [0.15, 0.2) is 24.5 Å². The van der Waals surface area contributed by atoms with E-state index in [0.717, 1.165) is 21.3 Å². The van der Waals surface area contributed by atoms with E-state index in [0.29, 0.717) is 25.3 Å². The van der Waals surface area contributed by atoms with Crippen LogP contribution in [0.4, 0.5) is 18.9 Å². The lowest BCUT2D eigenvalue weighted by molar-refractivity contribution is -0.148. The molecule has 0 aromatic carbocycles. The molecule has 180 valence electrons. The summed E-state index contributed by atoms with van der Waals surface area (Å²) in [5.74, 6) is -0.414. The van der Waals surface area contributed by atoms with Crippen molar-refractivity contribution in [2.24, 2.45) is 11.8 Å². The highest BCUT2D eigenvalue weighted by Crippen LogP contribution is 2.34. The summed E-state index contributed by atoms with van der Waals surface area (Å²) in [6.07, 6.45) is -0.529. The third kappa shape index (κ3) is 3.90. The molecule has 0 aliphatic carbocycles. The molecule has 3 aromatic rings. The van der Waals surface area contributed by atoms with Crippen LogP contribution in [-0.2, 0) is 24.1 Å². The van der Waals surface area contributed by atoms with E-state index in [4.69, 9.17) is 4.74 Å². The van der Waals surface area contributed by atoms with Gasteiger partial charge < -0.3 is 19.1 Å². The van der Waals surface area contributed by atoms with Gasteiger partial charge in [0, 0.05) is 44.4 Å². The molecule has 2 aliphatic rings. The van der Waals surface area contributed by atoms with E-state index in [1.807, 2.05) is 19.1 Å². The second-order valence-electron chi connectivity index (χ2n) is 8.74. The van der Waals surface area contributed by atoms with Crippen LogP contribution in [0.1, 0.15) is 25.0 Å². The lowest BCUT2D eigenvalue weighted by Gasteiger charge is -2.40. The maximum atomic E-state index is 13.3. The predicted octanol–water partition coefficient (Wildman–Crippen LogP) is 2.75. The molecule has 5 rings (SSSR count). The number of carbonyl (C=O) groups excluding carboxylic acids is 1. The van der Waals surface area contributed by atoms with E-state index < -0.39 is 12.0 Å². The first-order chi connectivity index (χ1) is 16.3. The summed E-state index contributed by atoms with van der Waals surface area (Å²) >= 11 is 0. The zero-order valence-electron chi connectivity index (χ0n) is 18.8. The second kappa shape index (κ2) is 8.41. The van der Waals surface area contributed by atoms with Crippen LogP contribution in [0.2, 0.25) is 0 Å². The van der Waals surface area contributed by atoms with Gasteiger partial charge in [0.2, 0.25) is 11.7 Å². The van der Waals surface area contributed by atoms with Crippen molar-refractivity contribution >= 4 is 22.6 Å². The largest absolute Gasteiger partial charge is 0.495 e. The first-order valence-corrected chi connectivity index (χ1v) is 11.1. The first kappa shape index (κ1) is 22.4. The van der Waals surface area contributed by atoms with E-state index in [1.165, 1.54) is 0 Å². The minimum atomic E-state index is -4.56. The summed E-state index contributed by atoms with van der Waals surface area (Å²) in [6.45, 7) is 3.63. The van der Waals surface area contributed by atoms with Gasteiger partial charge in [-0.25, -0.2) is 4.98 Å². The topological polar surface area (TPSA) is 89.3 Å². The maximum absolute atomic E-state index is 13.3. The number of hydrogen-bond acceptors (Lipinski definition) is 7. The number of alkyl halides is 3. The van der Waals surface area contributed by atoms with Crippen LogP contribution in [0.5, 0.6) is 5.75 Å². The van der Waals surface area contributed by atoms with Gasteiger partial charge in [-0.1, -0.05) is 6.92 Å². The van der Waals surface area contributed by atoms with Crippen LogP contribution < -0.4 is 9.64 Å². The number of halogens is 3. The fourth-order valence-corrected chi connectivity index (χ4v) is 4.89. The van der Waals surface area contributed by atoms with Gasteiger partial charge in [0.25, 0.3) is 0 Å².